The summed E-state index contributed by atoms with van der Waals surface area (Å²) in [5.74, 6) is 2.34. The Labute approximate surface area is 199 Å². The molecular formula is C27H29N5O2. The molecule has 0 spiro atoms. The van der Waals surface area contributed by atoms with Crippen molar-refractivity contribution in [3.63, 3.8) is 0 Å². The highest BCUT2D eigenvalue weighted by atomic mass is 16.5. The molecule has 0 amide bonds. The summed E-state index contributed by atoms with van der Waals surface area (Å²) >= 11 is 0. The van der Waals surface area contributed by atoms with Gasteiger partial charge in [-0.3, -0.25) is 4.90 Å². The molecule has 1 aliphatic heterocycles. The number of rotatable bonds is 8. The number of ether oxygens (including phenoxy) is 2. The molecule has 0 N–H and O–H groups in total. The summed E-state index contributed by atoms with van der Waals surface area (Å²) < 4.78 is 13.2. The number of benzene rings is 3. The molecule has 7 nitrogen and oxygen atoms in total. The van der Waals surface area contributed by atoms with Crippen LogP contribution in [-0.2, 0) is 25.9 Å². The molecule has 1 aliphatic rings. The van der Waals surface area contributed by atoms with Crippen LogP contribution in [0.1, 0.15) is 34.1 Å². The molecular weight excluding hydrogens is 426 g/mol. The second kappa shape index (κ2) is 10.1. The second-order valence-corrected chi connectivity index (χ2v) is 8.50. The Balaban J connectivity index is 1.53. The van der Waals surface area contributed by atoms with E-state index in [0.717, 1.165) is 48.8 Å². The number of tetrazole rings is 1. The van der Waals surface area contributed by atoms with Crippen LogP contribution in [0.4, 0.5) is 0 Å². The molecule has 0 fully saturated rings. The third-order valence-corrected chi connectivity index (χ3v) is 6.52. The molecule has 1 aromatic heterocycles. The third-order valence-electron chi connectivity index (χ3n) is 6.52. The van der Waals surface area contributed by atoms with Crippen molar-refractivity contribution in [3.8, 4) is 11.5 Å². The number of nitrogens with zero attached hydrogens (tertiary/aromatic N) is 5. The minimum absolute atomic E-state index is 0.153. The highest BCUT2D eigenvalue weighted by Gasteiger charge is 2.32. The van der Waals surface area contributed by atoms with Gasteiger partial charge in [0.25, 0.3) is 0 Å². The van der Waals surface area contributed by atoms with Crippen LogP contribution in [0.3, 0.4) is 0 Å². The van der Waals surface area contributed by atoms with Crippen LogP contribution in [0.2, 0.25) is 0 Å². The Hall–Kier alpha value is -3.71. The van der Waals surface area contributed by atoms with Gasteiger partial charge in [0.2, 0.25) is 0 Å². The largest absolute Gasteiger partial charge is 0.497 e. The lowest BCUT2D eigenvalue weighted by Crippen LogP contribution is -2.36. The Morgan fingerprint density at radius 1 is 0.912 bits per heavy atom. The van der Waals surface area contributed by atoms with Crippen molar-refractivity contribution in [1.29, 1.82) is 0 Å². The maximum Gasteiger partial charge on any atom is 0.173 e. The van der Waals surface area contributed by atoms with Crippen molar-refractivity contribution >= 4 is 0 Å². The van der Waals surface area contributed by atoms with Gasteiger partial charge in [-0.15, -0.1) is 5.10 Å². The lowest BCUT2D eigenvalue weighted by molar-refractivity contribution is 0.191. The molecule has 3 aromatic carbocycles. The fourth-order valence-corrected chi connectivity index (χ4v) is 4.73. The van der Waals surface area contributed by atoms with Crippen molar-refractivity contribution < 1.29 is 9.47 Å². The van der Waals surface area contributed by atoms with E-state index >= 15 is 0 Å². The number of hydrogen-bond acceptors (Lipinski definition) is 6. The fraction of sp³-hybridized carbons (Fsp3) is 0.296. The van der Waals surface area contributed by atoms with Crippen LogP contribution in [-0.4, -0.2) is 45.9 Å². The van der Waals surface area contributed by atoms with E-state index in [9.17, 15) is 0 Å². The number of fused-ring (bicyclic) bond motifs is 1. The molecule has 0 radical (unpaired) electrons. The maximum atomic E-state index is 5.81. The summed E-state index contributed by atoms with van der Waals surface area (Å²) in [5.41, 5.74) is 5.03. The Morgan fingerprint density at radius 2 is 1.71 bits per heavy atom. The maximum absolute atomic E-state index is 5.81. The molecule has 1 unspecified atom stereocenters. The first-order valence-corrected chi connectivity index (χ1v) is 11.6. The highest BCUT2D eigenvalue weighted by molar-refractivity contribution is 5.45. The number of aromatic nitrogens is 4. The minimum Gasteiger partial charge on any atom is -0.497 e. The van der Waals surface area contributed by atoms with Crippen molar-refractivity contribution in [1.82, 2.24) is 25.1 Å². The molecule has 0 saturated heterocycles. The first-order valence-electron chi connectivity index (χ1n) is 11.6. The van der Waals surface area contributed by atoms with Gasteiger partial charge in [-0.1, -0.05) is 54.6 Å². The average molecular weight is 456 g/mol. The van der Waals surface area contributed by atoms with E-state index < -0.39 is 0 Å². The number of hydrogen-bond donors (Lipinski definition) is 0. The summed E-state index contributed by atoms with van der Waals surface area (Å²) in [6.45, 7) is 2.43. The van der Waals surface area contributed by atoms with E-state index in [1.165, 1.54) is 16.7 Å². The molecule has 4 aromatic rings. The number of methoxy groups -OCH3 is 2. The van der Waals surface area contributed by atoms with Crippen molar-refractivity contribution in [2.75, 3.05) is 20.8 Å². The van der Waals surface area contributed by atoms with E-state index in [2.05, 4.69) is 75.0 Å². The van der Waals surface area contributed by atoms with Crippen molar-refractivity contribution in [2.24, 2.45) is 0 Å². The van der Waals surface area contributed by atoms with Gasteiger partial charge in [-0.2, -0.15) is 0 Å². The first kappa shape index (κ1) is 22.1. The zero-order chi connectivity index (χ0) is 23.3. The van der Waals surface area contributed by atoms with Gasteiger partial charge >= 0.3 is 0 Å². The van der Waals surface area contributed by atoms with Gasteiger partial charge in [0.1, 0.15) is 17.5 Å². The Morgan fingerprint density at radius 3 is 2.50 bits per heavy atom. The van der Waals surface area contributed by atoms with Gasteiger partial charge < -0.3 is 9.47 Å². The van der Waals surface area contributed by atoms with E-state index in [-0.39, 0.29) is 6.04 Å². The monoisotopic (exact) mass is 455 g/mol. The van der Waals surface area contributed by atoms with E-state index in [1.54, 1.807) is 14.2 Å². The highest BCUT2D eigenvalue weighted by Crippen LogP contribution is 2.38. The summed E-state index contributed by atoms with van der Waals surface area (Å²) in [7, 11) is 3.36. The SMILES string of the molecule is COc1ccc(C(c2nnnn2CCc2ccccc2)N2CCc3ccccc3C2)c(OC)c1. The molecule has 0 saturated carbocycles. The Kier molecular flexibility index (Phi) is 6.53. The zero-order valence-corrected chi connectivity index (χ0v) is 19.6. The van der Waals surface area contributed by atoms with Gasteiger partial charge in [0, 0.05) is 31.3 Å². The van der Waals surface area contributed by atoms with Crippen LogP contribution in [0.15, 0.2) is 72.8 Å². The lowest BCUT2D eigenvalue weighted by Gasteiger charge is -2.35. The van der Waals surface area contributed by atoms with Crippen LogP contribution < -0.4 is 9.47 Å². The topological polar surface area (TPSA) is 65.3 Å². The summed E-state index contributed by atoms with van der Waals surface area (Å²) in [5, 5.41) is 13.0. The molecule has 1 atom stereocenters. The minimum atomic E-state index is -0.153. The quantitative estimate of drug-likeness (QED) is 0.399. The first-order chi connectivity index (χ1) is 16.8. The lowest BCUT2D eigenvalue weighted by atomic mass is 9.95. The normalized spacial score (nSPS) is 14.4. The molecule has 2 heterocycles. The second-order valence-electron chi connectivity index (χ2n) is 8.50. The van der Waals surface area contributed by atoms with Crippen molar-refractivity contribution in [2.45, 2.75) is 32.0 Å². The molecule has 7 heteroatoms. The standard InChI is InChI=1S/C27H29N5O2/c1-33-23-12-13-24(25(18-23)34-2)26(31-16-15-21-10-6-7-11-22(21)19-31)27-28-29-30-32(27)17-14-20-8-4-3-5-9-20/h3-13,18,26H,14-17,19H2,1-2H3. The fourth-order valence-electron chi connectivity index (χ4n) is 4.73. The van der Waals surface area contributed by atoms with E-state index in [0.29, 0.717) is 6.54 Å². The summed E-state index contributed by atoms with van der Waals surface area (Å²) in [6, 6.07) is 24.9. The van der Waals surface area contributed by atoms with Crippen molar-refractivity contribution in [3.05, 3.63) is 101 Å². The van der Waals surface area contributed by atoms with Gasteiger partial charge in [-0.05, 0) is 52.1 Å². The van der Waals surface area contributed by atoms with Crippen LogP contribution in [0, 0.1) is 0 Å². The zero-order valence-electron chi connectivity index (χ0n) is 19.6. The van der Waals surface area contributed by atoms with Gasteiger partial charge in [0.05, 0.1) is 14.2 Å². The van der Waals surface area contributed by atoms with E-state index in [4.69, 9.17) is 9.47 Å². The molecule has 0 aliphatic carbocycles. The molecule has 174 valence electrons. The molecule has 5 rings (SSSR count). The van der Waals surface area contributed by atoms with Gasteiger partial charge in [0.15, 0.2) is 5.82 Å². The molecule has 0 bridgehead atoms. The molecule has 34 heavy (non-hydrogen) atoms. The smallest absolute Gasteiger partial charge is 0.173 e. The predicted octanol–water partition coefficient (Wildman–Crippen LogP) is 4.08. The van der Waals surface area contributed by atoms with E-state index in [1.807, 2.05) is 22.9 Å². The van der Waals surface area contributed by atoms with Crippen LogP contribution in [0.5, 0.6) is 11.5 Å². The third kappa shape index (κ3) is 4.52. The average Bonchev–Trinajstić information content (AvgIpc) is 3.36. The summed E-state index contributed by atoms with van der Waals surface area (Å²) in [6.07, 6.45) is 1.84. The van der Waals surface area contributed by atoms with Gasteiger partial charge in [-0.25, -0.2) is 4.68 Å². The Bertz CT molecular complexity index is 1240. The number of aryl methyl sites for hydroxylation is 2. The van der Waals surface area contributed by atoms with Crippen LogP contribution in [0.25, 0.3) is 0 Å². The summed E-state index contributed by atoms with van der Waals surface area (Å²) in [4.78, 5) is 2.44. The predicted molar refractivity (Wildman–Crippen MR) is 130 cm³/mol. The van der Waals surface area contributed by atoms with Crippen LogP contribution >= 0.6 is 0 Å².